The molecule has 208 valence electrons. The van der Waals surface area contributed by atoms with Crippen molar-refractivity contribution >= 4 is 22.6 Å². The van der Waals surface area contributed by atoms with Gasteiger partial charge in [-0.2, -0.15) is 10.1 Å². The Kier molecular flexibility index (Phi) is 8.09. The van der Waals surface area contributed by atoms with Crippen LogP contribution >= 0.6 is 22.6 Å². The Morgan fingerprint density at radius 1 is 0.951 bits per heavy atom. The van der Waals surface area contributed by atoms with E-state index in [0.717, 1.165) is 28.7 Å². The molecule has 6 rings (SSSR count). The van der Waals surface area contributed by atoms with E-state index in [2.05, 4.69) is 74.1 Å². The Bertz CT molecular complexity index is 1530. The Labute approximate surface area is 252 Å². The summed E-state index contributed by atoms with van der Waals surface area (Å²) in [5.74, 6) is 0.480. The average molecular weight is 660 g/mol. The van der Waals surface area contributed by atoms with Gasteiger partial charge in [-0.1, -0.05) is 114 Å². The average Bonchev–Trinajstić information content (AvgIpc) is 3.67. The van der Waals surface area contributed by atoms with Gasteiger partial charge in [0.15, 0.2) is 5.82 Å². The van der Waals surface area contributed by atoms with E-state index in [4.69, 9.17) is 9.47 Å². The zero-order valence-electron chi connectivity index (χ0n) is 22.6. The molecular formula is C32H30IN5O3. The zero-order chi connectivity index (χ0) is 28.2. The molecule has 0 N–H and O–H groups in total. The lowest BCUT2D eigenvalue weighted by Gasteiger charge is -2.37. The molecule has 9 heteroatoms. The third kappa shape index (κ3) is 5.61. The van der Waals surface area contributed by atoms with Gasteiger partial charge in [-0.05, 0) is 30.0 Å². The standard InChI is InChI=1S/C32H30IN5O3/c1-23-18-37(31(39)36-30(23)38-22-34-21-35-38)19-27-17-28(33)29(41-27)20-40-32(24-11-5-2-6-12-24,25-13-7-3-8-14-25)26-15-9-4-10-16-26/h2-16,18,21-22,27-29H,17,19-20H2,1H3/t27-,28+,29-/m1/s1. The van der Waals surface area contributed by atoms with Crippen LogP contribution in [0.2, 0.25) is 0 Å². The summed E-state index contributed by atoms with van der Waals surface area (Å²) in [6.45, 7) is 2.71. The first kappa shape index (κ1) is 27.5. The third-order valence-electron chi connectivity index (χ3n) is 7.45. The molecule has 3 aromatic carbocycles. The monoisotopic (exact) mass is 659 g/mol. The van der Waals surface area contributed by atoms with Crippen molar-refractivity contribution in [2.45, 2.75) is 41.6 Å². The quantitative estimate of drug-likeness (QED) is 0.124. The molecule has 3 heterocycles. The maximum atomic E-state index is 12.9. The molecule has 1 aliphatic rings. The Morgan fingerprint density at radius 2 is 1.54 bits per heavy atom. The van der Waals surface area contributed by atoms with Gasteiger partial charge in [0.05, 0.1) is 25.4 Å². The predicted molar refractivity (Wildman–Crippen MR) is 164 cm³/mol. The van der Waals surface area contributed by atoms with Crippen molar-refractivity contribution in [1.82, 2.24) is 24.3 Å². The molecule has 41 heavy (non-hydrogen) atoms. The van der Waals surface area contributed by atoms with E-state index in [0.29, 0.717) is 19.0 Å². The molecule has 0 radical (unpaired) electrons. The zero-order valence-corrected chi connectivity index (χ0v) is 24.7. The van der Waals surface area contributed by atoms with Crippen molar-refractivity contribution in [3.05, 3.63) is 143 Å². The van der Waals surface area contributed by atoms with Crippen molar-refractivity contribution in [3.63, 3.8) is 0 Å². The number of halogens is 1. The van der Waals surface area contributed by atoms with E-state index >= 15 is 0 Å². The van der Waals surface area contributed by atoms with Gasteiger partial charge in [0, 0.05) is 15.7 Å². The molecule has 2 aromatic heterocycles. The Morgan fingerprint density at radius 3 is 2.07 bits per heavy atom. The lowest BCUT2D eigenvalue weighted by molar-refractivity contribution is -0.0623. The minimum Gasteiger partial charge on any atom is -0.370 e. The third-order valence-corrected chi connectivity index (χ3v) is 8.76. The number of nitrogens with zero attached hydrogens (tertiary/aromatic N) is 5. The first-order valence-corrected chi connectivity index (χ1v) is 14.8. The summed E-state index contributed by atoms with van der Waals surface area (Å²) in [5, 5.41) is 4.10. The maximum Gasteiger partial charge on any atom is 0.349 e. The Balaban J connectivity index is 1.25. The van der Waals surface area contributed by atoms with Gasteiger partial charge in [0.25, 0.3) is 0 Å². The number of hydrogen-bond acceptors (Lipinski definition) is 6. The van der Waals surface area contributed by atoms with Crippen LogP contribution in [0.15, 0.2) is 115 Å². The fourth-order valence-electron chi connectivity index (χ4n) is 5.52. The van der Waals surface area contributed by atoms with E-state index in [1.807, 2.05) is 67.7 Å². The summed E-state index contributed by atoms with van der Waals surface area (Å²) in [5.41, 5.74) is 2.84. The normalized spacial score (nSPS) is 18.9. The molecule has 0 spiro atoms. The van der Waals surface area contributed by atoms with Crippen LogP contribution in [-0.2, 0) is 21.6 Å². The van der Waals surface area contributed by atoms with Crippen LogP contribution in [0.4, 0.5) is 0 Å². The van der Waals surface area contributed by atoms with Gasteiger partial charge in [-0.25, -0.2) is 14.5 Å². The highest BCUT2D eigenvalue weighted by Gasteiger charge is 2.41. The summed E-state index contributed by atoms with van der Waals surface area (Å²) in [6.07, 6.45) is 5.29. The molecule has 1 fully saturated rings. The highest BCUT2D eigenvalue weighted by atomic mass is 127. The second kappa shape index (κ2) is 12.1. The van der Waals surface area contributed by atoms with E-state index in [9.17, 15) is 4.79 Å². The van der Waals surface area contributed by atoms with Gasteiger partial charge in [-0.3, -0.25) is 4.57 Å². The molecule has 1 saturated heterocycles. The molecule has 5 aromatic rings. The number of hydrogen-bond donors (Lipinski definition) is 0. The lowest BCUT2D eigenvalue weighted by atomic mass is 9.80. The van der Waals surface area contributed by atoms with Crippen LogP contribution < -0.4 is 5.69 Å². The summed E-state index contributed by atoms with van der Waals surface area (Å²) >= 11 is 2.45. The van der Waals surface area contributed by atoms with Gasteiger partial charge in [-0.15, -0.1) is 0 Å². The maximum absolute atomic E-state index is 12.9. The summed E-state index contributed by atoms with van der Waals surface area (Å²) in [4.78, 5) is 21.1. The minimum atomic E-state index is -0.809. The molecule has 3 atom stereocenters. The van der Waals surface area contributed by atoms with E-state index < -0.39 is 5.60 Å². The number of ether oxygens (including phenoxy) is 2. The topological polar surface area (TPSA) is 84.1 Å². The smallest absolute Gasteiger partial charge is 0.349 e. The predicted octanol–water partition coefficient (Wildman–Crippen LogP) is 5.10. The molecule has 0 amide bonds. The molecule has 1 aliphatic heterocycles. The second-order valence-electron chi connectivity index (χ2n) is 10.2. The molecular weight excluding hydrogens is 629 g/mol. The fourth-order valence-corrected chi connectivity index (χ4v) is 6.46. The number of alkyl halides is 1. The first-order chi connectivity index (χ1) is 20.0. The molecule has 0 unspecified atom stereocenters. The molecule has 0 saturated carbocycles. The first-order valence-electron chi connectivity index (χ1n) is 13.6. The largest absolute Gasteiger partial charge is 0.370 e. The number of aromatic nitrogens is 5. The van der Waals surface area contributed by atoms with Gasteiger partial charge in [0.1, 0.15) is 18.3 Å². The van der Waals surface area contributed by atoms with Crippen molar-refractivity contribution < 1.29 is 9.47 Å². The Hall–Kier alpha value is -3.67. The van der Waals surface area contributed by atoms with Crippen molar-refractivity contribution in [3.8, 4) is 5.82 Å². The van der Waals surface area contributed by atoms with Crippen LogP contribution in [0.3, 0.4) is 0 Å². The van der Waals surface area contributed by atoms with E-state index in [1.54, 1.807) is 4.57 Å². The summed E-state index contributed by atoms with van der Waals surface area (Å²) in [7, 11) is 0. The van der Waals surface area contributed by atoms with Crippen LogP contribution in [0.25, 0.3) is 5.82 Å². The van der Waals surface area contributed by atoms with Gasteiger partial charge < -0.3 is 9.47 Å². The van der Waals surface area contributed by atoms with Gasteiger partial charge in [0.2, 0.25) is 0 Å². The van der Waals surface area contributed by atoms with Crippen molar-refractivity contribution in [1.29, 1.82) is 0 Å². The van der Waals surface area contributed by atoms with Crippen molar-refractivity contribution in [2.75, 3.05) is 6.61 Å². The number of benzene rings is 3. The lowest BCUT2D eigenvalue weighted by Crippen LogP contribution is -2.37. The summed E-state index contributed by atoms with van der Waals surface area (Å²) in [6, 6.07) is 31.0. The van der Waals surface area contributed by atoms with Crippen LogP contribution in [0.5, 0.6) is 0 Å². The highest BCUT2D eigenvalue weighted by molar-refractivity contribution is 14.1. The molecule has 8 nitrogen and oxygen atoms in total. The van der Waals surface area contributed by atoms with Crippen LogP contribution in [0.1, 0.15) is 28.7 Å². The fraction of sp³-hybridized carbons (Fsp3) is 0.250. The summed E-state index contributed by atoms with van der Waals surface area (Å²) < 4.78 is 16.9. The SMILES string of the molecule is Cc1cn(C[C@H]2C[C@H](I)[C@@H](COC(c3ccccc3)(c3ccccc3)c3ccccc3)O2)c(=O)nc1-n1cncn1. The minimum absolute atomic E-state index is 0.138. The molecule has 0 bridgehead atoms. The van der Waals surface area contributed by atoms with Crippen molar-refractivity contribution in [2.24, 2.45) is 0 Å². The molecule has 0 aliphatic carbocycles. The van der Waals surface area contributed by atoms with E-state index in [1.165, 1.54) is 17.3 Å². The number of rotatable bonds is 9. The van der Waals surface area contributed by atoms with Crippen LogP contribution in [0, 0.1) is 6.92 Å². The van der Waals surface area contributed by atoms with Crippen LogP contribution in [-0.4, -0.2) is 47.1 Å². The number of aryl methyl sites for hydroxylation is 1. The highest BCUT2D eigenvalue weighted by Crippen LogP contribution is 2.41. The second-order valence-corrected chi connectivity index (χ2v) is 11.8. The van der Waals surface area contributed by atoms with E-state index in [-0.39, 0.29) is 21.8 Å². The van der Waals surface area contributed by atoms with Gasteiger partial charge >= 0.3 is 5.69 Å².